The van der Waals surface area contributed by atoms with Crippen LogP contribution in [-0.4, -0.2) is 25.6 Å². The molecule has 0 spiro atoms. The van der Waals surface area contributed by atoms with Crippen molar-refractivity contribution in [3.63, 3.8) is 0 Å². The number of carbonyl (C=O) groups excluding carboxylic acids is 1. The van der Waals surface area contributed by atoms with E-state index in [9.17, 15) is 4.79 Å². The topological polar surface area (TPSA) is 50.4 Å². The third-order valence-electron chi connectivity index (χ3n) is 2.75. The molecule has 20 heavy (non-hydrogen) atoms. The zero-order valence-corrected chi connectivity index (χ0v) is 14.1. The second-order valence-corrected chi connectivity index (χ2v) is 6.04. The van der Waals surface area contributed by atoms with Crippen LogP contribution < -0.4 is 15.4 Å². The van der Waals surface area contributed by atoms with Gasteiger partial charge in [0.1, 0.15) is 5.75 Å². The van der Waals surface area contributed by atoms with E-state index in [0.29, 0.717) is 18.2 Å². The maximum Gasteiger partial charge on any atom is 0.260 e. The van der Waals surface area contributed by atoms with Crippen molar-refractivity contribution >= 4 is 21.8 Å². The van der Waals surface area contributed by atoms with E-state index >= 15 is 0 Å². The lowest BCUT2D eigenvalue weighted by Gasteiger charge is -2.16. The van der Waals surface area contributed by atoms with Gasteiger partial charge < -0.3 is 15.4 Å². The Morgan fingerprint density at radius 1 is 1.35 bits per heavy atom. The molecule has 0 aromatic heterocycles. The number of nitrogens with one attached hydrogen (secondary N) is 2. The molecule has 1 atom stereocenters. The predicted octanol–water partition coefficient (Wildman–Crippen LogP) is 2.71. The second-order valence-electron chi connectivity index (χ2n) is 5.18. The number of carbonyl (C=O) groups is 1. The van der Waals surface area contributed by atoms with E-state index in [4.69, 9.17) is 4.74 Å². The molecule has 0 heterocycles. The van der Waals surface area contributed by atoms with E-state index in [1.807, 2.05) is 25.2 Å². The molecule has 1 rings (SSSR count). The Morgan fingerprint density at radius 2 is 2.05 bits per heavy atom. The molecule has 112 valence electrons. The highest BCUT2D eigenvalue weighted by molar-refractivity contribution is 9.10. The van der Waals surface area contributed by atoms with E-state index in [2.05, 4.69) is 40.4 Å². The van der Waals surface area contributed by atoms with Gasteiger partial charge in [-0.25, -0.2) is 0 Å². The van der Waals surface area contributed by atoms with Crippen molar-refractivity contribution in [3.05, 3.63) is 28.2 Å². The first kappa shape index (κ1) is 17.0. The lowest BCUT2D eigenvalue weighted by atomic mass is 10.2. The van der Waals surface area contributed by atoms with Crippen LogP contribution in [0.15, 0.2) is 22.7 Å². The molecule has 0 aliphatic rings. The minimum atomic E-state index is -0.502. The molecular weight excluding hydrogens is 320 g/mol. The largest absolute Gasteiger partial charge is 0.481 e. The smallest absolute Gasteiger partial charge is 0.260 e. The average molecular weight is 343 g/mol. The number of amides is 1. The summed E-state index contributed by atoms with van der Waals surface area (Å²) >= 11 is 3.49. The van der Waals surface area contributed by atoms with Gasteiger partial charge >= 0.3 is 0 Å². The number of benzene rings is 1. The summed E-state index contributed by atoms with van der Waals surface area (Å²) in [6, 6.07) is 5.73. The van der Waals surface area contributed by atoms with Gasteiger partial charge in [0.05, 0.1) is 0 Å². The molecule has 1 amide bonds. The zero-order valence-electron chi connectivity index (χ0n) is 12.5. The molecule has 2 N–H and O–H groups in total. The Balaban J connectivity index is 2.63. The van der Waals surface area contributed by atoms with Gasteiger partial charge in [-0.2, -0.15) is 0 Å². The van der Waals surface area contributed by atoms with E-state index < -0.39 is 6.10 Å². The maximum atomic E-state index is 11.9. The van der Waals surface area contributed by atoms with Gasteiger partial charge in [-0.05, 0) is 43.7 Å². The van der Waals surface area contributed by atoms with Crippen LogP contribution >= 0.6 is 15.9 Å². The van der Waals surface area contributed by atoms with Crippen molar-refractivity contribution in [2.75, 3.05) is 13.6 Å². The molecule has 5 heteroatoms. The molecule has 1 aromatic carbocycles. The van der Waals surface area contributed by atoms with Gasteiger partial charge in [-0.3, -0.25) is 4.79 Å². The summed E-state index contributed by atoms with van der Waals surface area (Å²) < 4.78 is 6.71. The van der Waals surface area contributed by atoms with Crippen molar-refractivity contribution in [2.45, 2.75) is 33.4 Å². The molecule has 0 bridgehead atoms. The summed E-state index contributed by atoms with van der Waals surface area (Å²) in [5.74, 6) is 1.04. The molecule has 0 saturated carbocycles. The lowest BCUT2D eigenvalue weighted by Crippen LogP contribution is -2.38. The molecule has 4 nitrogen and oxygen atoms in total. The molecular formula is C15H23BrN2O2. The van der Waals surface area contributed by atoms with Crippen LogP contribution in [0.2, 0.25) is 0 Å². The van der Waals surface area contributed by atoms with Crippen LogP contribution in [0.4, 0.5) is 0 Å². The van der Waals surface area contributed by atoms with Crippen molar-refractivity contribution in [1.29, 1.82) is 0 Å². The normalized spacial score (nSPS) is 12.3. The highest BCUT2D eigenvalue weighted by Gasteiger charge is 2.15. The predicted molar refractivity (Wildman–Crippen MR) is 84.8 cm³/mol. The fourth-order valence-electron chi connectivity index (χ4n) is 1.66. The molecule has 0 saturated heterocycles. The van der Waals surface area contributed by atoms with Crippen molar-refractivity contribution in [3.8, 4) is 5.75 Å². The molecule has 0 aliphatic carbocycles. The van der Waals surface area contributed by atoms with Crippen LogP contribution in [0.3, 0.4) is 0 Å². The number of rotatable bonds is 7. The second kappa shape index (κ2) is 8.27. The Kier molecular flexibility index (Phi) is 7.02. The standard InChI is InChI=1S/C15H23BrN2O2/c1-10(2)8-18-15(19)11(3)20-13-5-6-14(16)12(7-13)9-17-4/h5-7,10-11,17H,8-9H2,1-4H3,(H,18,19). The van der Waals surface area contributed by atoms with Gasteiger partial charge in [0.2, 0.25) is 0 Å². The number of hydrogen-bond donors (Lipinski definition) is 2. The number of hydrogen-bond acceptors (Lipinski definition) is 3. The summed E-state index contributed by atoms with van der Waals surface area (Å²) in [4.78, 5) is 11.9. The fraction of sp³-hybridized carbons (Fsp3) is 0.533. The van der Waals surface area contributed by atoms with Gasteiger partial charge in [0, 0.05) is 17.6 Å². The monoisotopic (exact) mass is 342 g/mol. The van der Waals surface area contributed by atoms with Crippen molar-refractivity contribution in [2.24, 2.45) is 5.92 Å². The SMILES string of the molecule is CNCc1cc(OC(C)C(=O)NCC(C)C)ccc1Br. The summed E-state index contributed by atoms with van der Waals surface area (Å²) in [6.45, 7) is 7.29. The molecule has 1 aromatic rings. The minimum absolute atomic E-state index is 0.0863. The first-order valence-corrected chi connectivity index (χ1v) is 7.60. The lowest BCUT2D eigenvalue weighted by molar-refractivity contribution is -0.127. The van der Waals surface area contributed by atoms with Gasteiger partial charge in [0.25, 0.3) is 5.91 Å². The van der Waals surface area contributed by atoms with Crippen LogP contribution in [0.5, 0.6) is 5.75 Å². The van der Waals surface area contributed by atoms with E-state index in [0.717, 1.165) is 16.6 Å². The van der Waals surface area contributed by atoms with Gasteiger partial charge in [0.15, 0.2) is 6.10 Å². The van der Waals surface area contributed by atoms with Crippen LogP contribution in [0.1, 0.15) is 26.3 Å². The maximum absolute atomic E-state index is 11.9. The highest BCUT2D eigenvalue weighted by Crippen LogP contribution is 2.23. The number of halogens is 1. The first-order chi connectivity index (χ1) is 9.43. The summed E-state index contributed by atoms with van der Waals surface area (Å²) in [5, 5.41) is 5.96. The quantitative estimate of drug-likeness (QED) is 0.800. The highest BCUT2D eigenvalue weighted by atomic mass is 79.9. The first-order valence-electron chi connectivity index (χ1n) is 6.81. The summed E-state index contributed by atoms with van der Waals surface area (Å²) in [7, 11) is 1.89. The van der Waals surface area contributed by atoms with E-state index in [1.165, 1.54) is 0 Å². The minimum Gasteiger partial charge on any atom is -0.481 e. The molecule has 0 aliphatic heterocycles. The third-order valence-corrected chi connectivity index (χ3v) is 3.52. The third kappa shape index (κ3) is 5.51. The zero-order chi connectivity index (χ0) is 15.1. The number of ether oxygens (including phenoxy) is 1. The molecule has 0 radical (unpaired) electrons. The van der Waals surface area contributed by atoms with Crippen LogP contribution in [0, 0.1) is 5.92 Å². The van der Waals surface area contributed by atoms with Gasteiger partial charge in [-0.15, -0.1) is 0 Å². The molecule has 0 fully saturated rings. The van der Waals surface area contributed by atoms with Crippen LogP contribution in [0.25, 0.3) is 0 Å². The van der Waals surface area contributed by atoms with E-state index in [1.54, 1.807) is 6.92 Å². The fourth-order valence-corrected chi connectivity index (χ4v) is 2.04. The Bertz CT molecular complexity index is 449. The van der Waals surface area contributed by atoms with Gasteiger partial charge in [-0.1, -0.05) is 29.8 Å². The van der Waals surface area contributed by atoms with Crippen LogP contribution in [-0.2, 0) is 11.3 Å². The molecule has 1 unspecified atom stereocenters. The van der Waals surface area contributed by atoms with Crippen molar-refractivity contribution < 1.29 is 9.53 Å². The summed E-state index contributed by atoms with van der Waals surface area (Å²) in [6.07, 6.45) is -0.502. The Morgan fingerprint density at radius 3 is 2.65 bits per heavy atom. The van der Waals surface area contributed by atoms with E-state index in [-0.39, 0.29) is 5.91 Å². The summed E-state index contributed by atoms with van der Waals surface area (Å²) in [5.41, 5.74) is 1.10. The Hall–Kier alpha value is -1.07. The Labute approximate surface area is 129 Å². The average Bonchev–Trinajstić information content (AvgIpc) is 2.40. The van der Waals surface area contributed by atoms with Crippen molar-refractivity contribution in [1.82, 2.24) is 10.6 Å².